The third-order valence-electron chi connectivity index (χ3n) is 6.28. The van der Waals surface area contributed by atoms with Crippen LogP contribution in [0.1, 0.15) is 25.7 Å². The van der Waals surface area contributed by atoms with Gasteiger partial charge in [-0.1, -0.05) is 0 Å². The highest BCUT2D eigenvalue weighted by molar-refractivity contribution is 5.67. The van der Waals surface area contributed by atoms with Crippen molar-refractivity contribution in [3.63, 3.8) is 0 Å². The number of methoxy groups -OCH3 is 1. The number of carbonyl (C=O) groups excluding carboxylic acids is 1. The summed E-state index contributed by atoms with van der Waals surface area (Å²) < 4.78 is 10.3. The molecule has 0 aromatic carbocycles. The number of hydrogen-bond acceptors (Lipinski definition) is 8. The van der Waals surface area contributed by atoms with Crippen LogP contribution in [0.15, 0.2) is 0 Å². The van der Waals surface area contributed by atoms with Crippen LogP contribution in [0.2, 0.25) is 0 Å². The van der Waals surface area contributed by atoms with Gasteiger partial charge < -0.3 is 14.4 Å². The van der Waals surface area contributed by atoms with Gasteiger partial charge in [-0.2, -0.15) is 5.48 Å². The van der Waals surface area contributed by atoms with E-state index in [1.807, 2.05) is 0 Å². The van der Waals surface area contributed by atoms with Gasteiger partial charge in [-0.15, -0.1) is 0 Å². The fourth-order valence-corrected chi connectivity index (χ4v) is 4.60. The quantitative estimate of drug-likeness (QED) is 0.541. The first-order valence-electron chi connectivity index (χ1n) is 9.81. The summed E-state index contributed by atoms with van der Waals surface area (Å²) in [5, 5.41) is 3.63. The van der Waals surface area contributed by atoms with Gasteiger partial charge in [-0.3, -0.25) is 21.0 Å². The zero-order valence-electron chi connectivity index (χ0n) is 15.4. The molecule has 9 nitrogen and oxygen atoms in total. The van der Waals surface area contributed by atoms with Crippen molar-refractivity contribution in [1.82, 2.24) is 26.5 Å². The Hall–Kier alpha value is -0.970. The van der Waals surface area contributed by atoms with Gasteiger partial charge in [-0.25, -0.2) is 4.79 Å². The maximum atomic E-state index is 11.6. The van der Waals surface area contributed by atoms with Crippen LogP contribution in [0.3, 0.4) is 0 Å². The summed E-state index contributed by atoms with van der Waals surface area (Å²) in [6.45, 7) is 4.09. The van der Waals surface area contributed by atoms with Gasteiger partial charge in [0, 0.05) is 44.1 Å². The third-order valence-corrected chi connectivity index (χ3v) is 6.28. The molecule has 4 heterocycles. The molecule has 0 aliphatic carbocycles. The molecule has 4 aliphatic heterocycles. The monoisotopic (exact) mass is 369 g/mol. The summed E-state index contributed by atoms with van der Waals surface area (Å²) >= 11 is 0. The number of hydrazine groups is 1. The number of likely N-dealkylation sites (tertiary alicyclic amines) is 1. The number of amides is 1. The van der Waals surface area contributed by atoms with Gasteiger partial charge in [0.05, 0.1) is 19.9 Å². The zero-order chi connectivity index (χ0) is 17.9. The van der Waals surface area contributed by atoms with Gasteiger partial charge in [0.1, 0.15) is 6.23 Å². The number of carbonyl (C=O) groups is 1. The molecule has 0 bridgehead atoms. The number of nitrogens with zero attached hydrogens (tertiary/aromatic N) is 1. The molecular weight excluding hydrogens is 338 g/mol. The van der Waals surface area contributed by atoms with Crippen molar-refractivity contribution in [3.8, 4) is 0 Å². The van der Waals surface area contributed by atoms with Gasteiger partial charge in [0.2, 0.25) is 0 Å². The number of hydroxylamine groups is 1. The lowest BCUT2D eigenvalue weighted by atomic mass is 9.87. The van der Waals surface area contributed by atoms with Crippen LogP contribution in [0.25, 0.3) is 0 Å². The second kappa shape index (κ2) is 8.37. The Labute approximate surface area is 154 Å². The molecule has 0 aromatic rings. The molecule has 0 aromatic heterocycles. The van der Waals surface area contributed by atoms with E-state index in [-0.39, 0.29) is 18.5 Å². The average Bonchev–Trinajstić information content (AvgIpc) is 3.40. The van der Waals surface area contributed by atoms with E-state index in [2.05, 4.69) is 21.6 Å². The van der Waals surface area contributed by atoms with E-state index in [1.54, 1.807) is 4.90 Å². The molecule has 4 saturated heterocycles. The van der Waals surface area contributed by atoms with Gasteiger partial charge >= 0.3 is 6.09 Å². The summed E-state index contributed by atoms with van der Waals surface area (Å²) in [6.07, 6.45) is 4.03. The molecule has 5 atom stereocenters. The Morgan fingerprint density at radius 2 is 2.00 bits per heavy atom. The van der Waals surface area contributed by atoms with Crippen LogP contribution >= 0.6 is 0 Å². The van der Waals surface area contributed by atoms with E-state index in [4.69, 9.17) is 14.3 Å². The van der Waals surface area contributed by atoms with Crippen molar-refractivity contribution in [2.24, 2.45) is 17.8 Å². The highest BCUT2D eigenvalue weighted by Crippen LogP contribution is 2.28. The fraction of sp³-hybridized carbons (Fsp3) is 0.941. The standard InChI is InChI=1S/C17H31N5O4/c1-24-17(23)22-5-2-11(3-6-22)15-19-16(26-21-15)13-8-14(20-18-9-13)12-4-7-25-10-12/h11-16,18-21H,2-10H2,1H3. The van der Waals surface area contributed by atoms with Gasteiger partial charge in [0.15, 0.2) is 0 Å². The van der Waals surface area contributed by atoms with Crippen molar-refractivity contribution < 1.29 is 19.1 Å². The summed E-state index contributed by atoms with van der Waals surface area (Å²) in [7, 11) is 1.44. The first-order chi connectivity index (χ1) is 12.7. The number of hydrogen-bond donors (Lipinski definition) is 4. The van der Waals surface area contributed by atoms with Crippen LogP contribution in [-0.2, 0) is 14.3 Å². The molecule has 9 heteroatoms. The lowest BCUT2D eigenvalue weighted by Gasteiger charge is -2.36. The Balaban J connectivity index is 1.25. The number of nitrogens with one attached hydrogen (secondary N) is 4. The lowest BCUT2D eigenvalue weighted by Crippen LogP contribution is -2.57. The summed E-state index contributed by atoms with van der Waals surface area (Å²) in [5.74, 6) is 1.45. The van der Waals surface area contributed by atoms with E-state index < -0.39 is 0 Å². The number of rotatable bonds is 3. The number of piperidine rings is 1. The van der Waals surface area contributed by atoms with Crippen LogP contribution in [-0.4, -0.2) is 69.4 Å². The van der Waals surface area contributed by atoms with Crippen LogP contribution in [0, 0.1) is 17.8 Å². The van der Waals surface area contributed by atoms with Gasteiger partial charge in [-0.05, 0) is 31.6 Å². The van der Waals surface area contributed by atoms with E-state index in [1.165, 1.54) is 7.11 Å². The second-order valence-corrected chi connectivity index (χ2v) is 7.85. The molecular formula is C17H31N5O4. The van der Waals surface area contributed by atoms with E-state index in [0.29, 0.717) is 23.8 Å². The maximum absolute atomic E-state index is 11.6. The van der Waals surface area contributed by atoms with Crippen molar-refractivity contribution in [2.75, 3.05) is 40.0 Å². The molecule has 4 rings (SSSR count). The van der Waals surface area contributed by atoms with Crippen molar-refractivity contribution in [2.45, 2.75) is 44.1 Å². The van der Waals surface area contributed by atoms with Crippen LogP contribution < -0.4 is 21.6 Å². The molecule has 4 N–H and O–H groups in total. The minimum atomic E-state index is -0.229. The highest BCUT2D eigenvalue weighted by atomic mass is 16.7. The third kappa shape index (κ3) is 3.97. The molecule has 5 unspecified atom stereocenters. The predicted octanol–water partition coefficient (Wildman–Crippen LogP) is -0.239. The molecule has 0 saturated carbocycles. The largest absolute Gasteiger partial charge is 0.453 e. The van der Waals surface area contributed by atoms with Gasteiger partial charge in [0.25, 0.3) is 0 Å². The summed E-state index contributed by atoms with van der Waals surface area (Å²) in [4.78, 5) is 19.3. The normalized spacial score (nSPS) is 39.3. The minimum absolute atomic E-state index is 0.0121. The molecule has 0 radical (unpaired) electrons. The Morgan fingerprint density at radius 1 is 1.15 bits per heavy atom. The Bertz CT molecular complexity index is 482. The van der Waals surface area contributed by atoms with Crippen molar-refractivity contribution >= 4 is 6.09 Å². The maximum Gasteiger partial charge on any atom is 0.409 e. The average molecular weight is 369 g/mol. The van der Waals surface area contributed by atoms with Crippen molar-refractivity contribution in [1.29, 1.82) is 0 Å². The first-order valence-corrected chi connectivity index (χ1v) is 9.81. The van der Waals surface area contributed by atoms with Crippen LogP contribution in [0.4, 0.5) is 4.79 Å². The smallest absolute Gasteiger partial charge is 0.409 e. The second-order valence-electron chi connectivity index (χ2n) is 7.85. The summed E-state index contributed by atoms with van der Waals surface area (Å²) in [6, 6.07) is 0.434. The van der Waals surface area contributed by atoms with E-state index >= 15 is 0 Å². The molecule has 0 spiro atoms. The predicted molar refractivity (Wildman–Crippen MR) is 93.6 cm³/mol. The topological polar surface area (TPSA) is 96.1 Å². The first kappa shape index (κ1) is 18.4. The van der Waals surface area contributed by atoms with E-state index in [0.717, 1.165) is 58.5 Å². The molecule has 4 aliphatic rings. The Kier molecular flexibility index (Phi) is 5.92. The van der Waals surface area contributed by atoms with Crippen LogP contribution in [0.5, 0.6) is 0 Å². The molecule has 4 fully saturated rings. The SMILES string of the molecule is COC(=O)N1CCC(C2NOC(C3CNNC(C4CCOC4)C3)N2)CC1. The zero-order valence-corrected chi connectivity index (χ0v) is 15.4. The lowest BCUT2D eigenvalue weighted by molar-refractivity contribution is -0.0286. The number of ether oxygens (including phenoxy) is 2. The van der Waals surface area contributed by atoms with Crippen molar-refractivity contribution in [3.05, 3.63) is 0 Å². The Morgan fingerprint density at radius 3 is 2.73 bits per heavy atom. The molecule has 1 amide bonds. The fourth-order valence-electron chi connectivity index (χ4n) is 4.60. The van der Waals surface area contributed by atoms with E-state index in [9.17, 15) is 4.79 Å². The molecule has 26 heavy (non-hydrogen) atoms. The minimum Gasteiger partial charge on any atom is -0.453 e. The summed E-state index contributed by atoms with van der Waals surface area (Å²) in [5.41, 5.74) is 9.97. The highest BCUT2D eigenvalue weighted by Gasteiger charge is 2.40. The molecule has 148 valence electrons.